The lowest BCUT2D eigenvalue weighted by molar-refractivity contribution is -0.124. The molecule has 2 aromatic rings. The number of aromatic nitrogens is 3. The van der Waals surface area contributed by atoms with Gasteiger partial charge in [-0.15, -0.1) is 0 Å². The van der Waals surface area contributed by atoms with Gasteiger partial charge >= 0.3 is 0 Å². The molecule has 0 fully saturated rings. The molecule has 19 heavy (non-hydrogen) atoms. The number of amides is 1. The average Bonchev–Trinajstić information content (AvgIpc) is 2.92. The highest BCUT2D eigenvalue weighted by Crippen LogP contribution is 2.15. The van der Waals surface area contributed by atoms with Crippen LogP contribution >= 0.6 is 15.9 Å². The number of carbonyl (C=O) groups excluding carboxylic acids is 1. The van der Waals surface area contributed by atoms with Crippen molar-refractivity contribution in [3.05, 3.63) is 46.7 Å². The summed E-state index contributed by atoms with van der Waals surface area (Å²) < 4.78 is 15.7. The number of carbonyl (C=O) groups is 1. The molecule has 0 saturated carbocycles. The molecule has 0 radical (unpaired) electrons. The maximum absolute atomic E-state index is 13.5. The fraction of sp³-hybridized carbons (Fsp3) is 0.250. The number of rotatable bonds is 4. The van der Waals surface area contributed by atoms with Gasteiger partial charge in [-0.2, -0.15) is 5.10 Å². The number of nitrogens with zero attached hydrogens (tertiary/aromatic N) is 3. The van der Waals surface area contributed by atoms with Crippen molar-refractivity contribution in [1.29, 1.82) is 0 Å². The summed E-state index contributed by atoms with van der Waals surface area (Å²) in [5.41, 5.74) is 0.425. The Hall–Kier alpha value is -1.76. The number of nitrogens with one attached hydrogen (secondary N) is 1. The standard InChI is InChI=1S/C12H12BrFN4O/c1-8(18-7-15-6-17-18)12(19)16-5-9-4-10(13)2-3-11(9)14/h2-4,6-8H,5H2,1H3,(H,16,19). The maximum Gasteiger partial charge on any atom is 0.244 e. The van der Waals surface area contributed by atoms with E-state index < -0.39 is 6.04 Å². The zero-order chi connectivity index (χ0) is 13.8. The number of hydrogen-bond acceptors (Lipinski definition) is 3. The third-order valence-corrected chi connectivity index (χ3v) is 3.17. The Labute approximate surface area is 118 Å². The summed E-state index contributed by atoms with van der Waals surface area (Å²) >= 11 is 3.26. The Bertz CT molecular complexity index is 573. The van der Waals surface area contributed by atoms with E-state index in [1.165, 1.54) is 23.4 Å². The van der Waals surface area contributed by atoms with E-state index in [4.69, 9.17) is 0 Å². The highest BCUT2D eigenvalue weighted by Gasteiger charge is 2.15. The van der Waals surface area contributed by atoms with Crippen LogP contribution < -0.4 is 5.32 Å². The maximum atomic E-state index is 13.5. The third-order valence-electron chi connectivity index (χ3n) is 2.67. The highest BCUT2D eigenvalue weighted by atomic mass is 79.9. The van der Waals surface area contributed by atoms with Crippen molar-refractivity contribution in [2.24, 2.45) is 0 Å². The first-order valence-electron chi connectivity index (χ1n) is 5.63. The molecule has 0 bridgehead atoms. The first-order valence-corrected chi connectivity index (χ1v) is 6.43. The molecule has 1 aromatic carbocycles. The zero-order valence-electron chi connectivity index (χ0n) is 10.2. The van der Waals surface area contributed by atoms with E-state index in [9.17, 15) is 9.18 Å². The van der Waals surface area contributed by atoms with Crippen LogP contribution in [0.3, 0.4) is 0 Å². The average molecular weight is 327 g/mol. The van der Waals surface area contributed by atoms with Crippen LogP contribution in [0.1, 0.15) is 18.5 Å². The molecule has 100 valence electrons. The minimum absolute atomic E-state index is 0.128. The molecule has 0 aliphatic carbocycles. The second kappa shape index (κ2) is 5.92. The molecule has 0 spiro atoms. The van der Waals surface area contributed by atoms with Gasteiger partial charge in [-0.05, 0) is 25.1 Å². The van der Waals surface area contributed by atoms with Crippen LogP contribution in [-0.4, -0.2) is 20.7 Å². The largest absolute Gasteiger partial charge is 0.350 e. The monoisotopic (exact) mass is 326 g/mol. The molecule has 2 rings (SSSR count). The second-order valence-electron chi connectivity index (χ2n) is 4.01. The van der Waals surface area contributed by atoms with E-state index in [0.717, 1.165) is 4.47 Å². The molecule has 1 N–H and O–H groups in total. The van der Waals surface area contributed by atoms with Crippen molar-refractivity contribution in [2.75, 3.05) is 0 Å². The summed E-state index contributed by atoms with van der Waals surface area (Å²) in [6, 6.07) is 4.11. The molecule has 0 saturated heterocycles. The summed E-state index contributed by atoms with van der Waals surface area (Å²) in [7, 11) is 0. The molecular formula is C12H12BrFN4O. The fourth-order valence-electron chi connectivity index (χ4n) is 1.55. The topological polar surface area (TPSA) is 59.8 Å². The van der Waals surface area contributed by atoms with Gasteiger partial charge in [0.1, 0.15) is 24.5 Å². The number of hydrogen-bond donors (Lipinski definition) is 1. The first kappa shape index (κ1) is 13.7. The molecule has 0 aliphatic rings. The van der Waals surface area contributed by atoms with Crippen LogP contribution in [0, 0.1) is 5.82 Å². The van der Waals surface area contributed by atoms with Crippen molar-refractivity contribution in [3.63, 3.8) is 0 Å². The zero-order valence-corrected chi connectivity index (χ0v) is 11.8. The lowest BCUT2D eigenvalue weighted by Gasteiger charge is -2.12. The molecule has 1 unspecified atom stereocenters. The van der Waals surface area contributed by atoms with E-state index in [-0.39, 0.29) is 18.3 Å². The summed E-state index contributed by atoms with van der Waals surface area (Å²) in [5, 5.41) is 6.55. The molecule has 1 amide bonds. The minimum Gasteiger partial charge on any atom is -0.350 e. The van der Waals surface area contributed by atoms with Gasteiger partial charge in [0.2, 0.25) is 5.91 Å². The minimum atomic E-state index is -0.488. The smallest absolute Gasteiger partial charge is 0.244 e. The van der Waals surface area contributed by atoms with Crippen LogP contribution in [0.2, 0.25) is 0 Å². The first-order chi connectivity index (χ1) is 9.08. The molecule has 7 heteroatoms. The van der Waals surface area contributed by atoms with Crippen molar-refractivity contribution < 1.29 is 9.18 Å². The van der Waals surface area contributed by atoms with Gasteiger partial charge < -0.3 is 5.32 Å². The Morgan fingerprint density at radius 1 is 1.58 bits per heavy atom. The third kappa shape index (κ3) is 3.37. The van der Waals surface area contributed by atoms with Crippen molar-refractivity contribution in [1.82, 2.24) is 20.1 Å². The molecule has 1 aromatic heterocycles. The van der Waals surface area contributed by atoms with E-state index in [0.29, 0.717) is 5.56 Å². The van der Waals surface area contributed by atoms with Crippen LogP contribution in [0.15, 0.2) is 35.3 Å². The Kier molecular flexibility index (Phi) is 4.26. The van der Waals surface area contributed by atoms with E-state index in [1.54, 1.807) is 19.1 Å². The molecule has 1 atom stereocenters. The highest BCUT2D eigenvalue weighted by molar-refractivity contribution is 9.10. The predicted octanol–water partition coefficient (Wildman–Crippen LogP) is 2.06. The molecule has 1 heterocycles. The second-order valence-corrected chi connectivity index (χ2v) is 4.92. The van der Waals surface area contributed by atoms with Gasteiger partial charge in [0.15, 0.2) is 0 Å². The van der Waals surface area contributed by atoms with Crippen LogP contribution in [-0.2, 0) is 11.3 Å². The SMILES string of the molecule is CC(C(=O)NCc1cc(Br)ccc1F)n1cncn1. The van der Waals surface area contributed by atoms with Gasteiger partial charge in [-0.25, -0.2) is 14.1 Å². The van der Waals surface area contributed by atoms with Gasteiger partial charge in [0.05, 0.1) is 0 Å². The normalized spacial score (nSPS) is 12.2. The number of benzene rings is 1. The Morgan fingerprint density at radius 2 is 2.37 bits per heavy atom. The summed E-state index contributed by atoms with van der Waals surface area (Å²) in [4.78, 5) is 15.7. The predicted molar refractivity (Wildman–Crippen MR) is 70.7 cm³/mol. The fourth-order valence-corrected chi connectivity index (χ4v) is 1.95. The van der Waals surface area contributed by atoms with Crippen LogP contribution in [0.25, 0.3) is 0 Å². The molecule has 0 aliphatic heterocycles. The van der Waals surface area contributed by atoms with Gasteiger partial charge in [-0.3, -0.25) is 4.79 Å². The Morgan fingerprint density at radius 3 is 3.05 bits per heavy atom. The number of halogens is 2. The van der Waals surface area contributed by atoms with E-state index in [2.05, 4.69) is 31.3 Å². The van der Waals surface area contributed by atoms with Crippen molar-refractivity contribution >= 4 is 21.8 Å². The van der Waals surface area contributed by atoms with Gasteiger partial charge in [-0.1, -0.05) is 15.9 Å². The van der Waals surface area contributed by atoms with Crippen molar-refractivity contribution in [2.45, 2.75) is 19.5 Å². The van der Waals surface area contributed by atoms with E-state index in [1.807, 2.05) is 0 Å². The van der Waals surface area contributed by atoms with Crippen molar-refractivity contribution in [3.8, 4) is 0 Å². The lowest BCUT2D eigenvalue weighted by atomic mass is 10.2. The summed E-state index contributed by atoms with van der Waals surface area (Å²) in [6.45, 7) is 1.82. The van der Waals surface area contributed by atoms with Gasteiger partial charge in [0.25, 0.3) is 0 Å². The molecule has 5 nitrogen and oxygen atoms in total. The van der Waals surface area contributed by atoms with Crippen LogP contribution in [0.4, 0.5) is 4.39 Å². The molecular weight excluding hydrogens is 315 g/mol. The van der Waals surface area contributed by atoms with E-state index >= 15 is 0 Å². The van der Waals surface area contributed by atoms with Crippen LogP contribution in [0.5, 0.6) is 0 Å². The lowest BCUT2D eigenvalue weighted by Crippen LogP contribution is -2.31. The van der Waals surface area contributed by atoms with Gasteiger partial charge in [0, 0.05) is 16.6 Å². The Balaban J connectivity index is 1.99. The summed E-state index contributed by atoms with van der Waals surface area (Å²) in [5.74, 6) is -0.596. The quantitative estimate of drug-likeness (QED) is 0.935. The summed E-state index contributed by atoms with van der Waals surface area (Å²) in [6.07, 6.45) is 2.82.